The Morgan fingerprint density at radius 3 is 2.77 bits per heavy atom. The molecule has 1 aromatic rings. The minimum absolute atomic E-state index is 0.0356. The summed E-state index contributed by atoms with van der Waals surface area (Å²) in [5.74, 6) is 0.582. The molecule has 1 aromatic carbocycles. The van der Waals surface area contributed by atoms with Gasteiger partial charge in [0.2, 0.25) is 0 Å². The van der Waals surface area contributed by atoms with E-state index in [4.69, 9.17) is 14.6 Å². The molecule has 0 atom stereocenters. The molecule has 0 saturated heterocycles. The van der Waals surface area contributed by atoms with Crippen molar-refractivity contribution >= 4 is 11.9 Å². The lowest BCUT2D eigenvalue weighted by molar-refractivity contribution is -0.137. The lowest BCUT2D eigenvalue weighted by atomic mass is 10.1. The van der Waals surface area contributed by atoms with Crippen LogP contribution in [0.2, 0.25) is 0 Å². The third-order valence-corrected chi connectivity index (χ3v) is 3.46. The molecule has 2 rings (SSSR count). The summed E-state index contributed by atoms with van der Waals surface area (Å²) in [4.78, 5) is 22.6. The number of carbonyl (C=O) groups excluding carboxylic acids is 1. The molecule has 1 aliphatic rings. The highest BCUT2D eigenvalue weighted by Crippen LogP contribution is 2.31. The molecular weight excluding hydrogens is 286 g/mol. The normalized spacial score (nSPS) is 13.5. The van der Waals surface area contributed by atoms with Crippen LogP contribution in [-0.2, 0) is 4.79 Å². The fraction of sp³-hybridized carbons (Fsp3) is 0.500. The third-order valence-electron chi connectivity index (χ3n) is 3.46. The Balaban J connectivity index is 1.96. The number of methoxy groups -OCH3 is 1. The molecule has 6 heteroatoms. The van der Waals surface area contributed by atoms with Crippen molar-refractivity contribution in [2.75, 3.05) is 20.3 Å². The Hall–Kier alpha value is -2.24. The second-order valence-corrected chi connectivity index (χ2v) is 5.37. The van der Waals surface area contributed by atoms with Crippen molar-refractivity contribution in [3.63, 3.8) is 0 Å². The number of carbonyl (C=O) groups is 2. The van der Waals surface area contributed by atoms with Crippen molar-refractivity contribution in [1.82, 2.24) is 5.32 Å². The van der Waals surface area contributed by atoms with Crippen molar-refractivity contribution < 1.29 is 24.2 Å². The van der Waals surface area contributed by atoms with Gasteiger partial charge >= 0.3 is 5.97 Å². The average molecular weight is 307 g/mol. The molecule has 1 aliphatic carbocycles. The van der Waals surface area contributed by atoms with Crippen LogP contribution in [0, 0.1) is 5.92 Å². The van der Waals surface area contributed by atoms with Gasteiger partial charge in [-0.05, 0) is 37.3 Å². The van der Waals surface area contributed by atoms with Crippen molar-refractivity contribution in [2.45, 2.75) is 25.7 Å². The third kappa shape index (κ3) is 4.95. The SMILES string of the molecule is COc1ccc(C(=O)NCCCC(=O)O)c(OCC2CC2)c1. The lowest BCUT2D eigenvalue weighted by Crippen LogP contribution is -2.25. The van der Waals surface area contributed by atoms with E-state index in [1.165, 1.54) is 12.8 Å². The van der Waals surface area contributed by atoms with Crippen LogP contribution in [0.25, 0.3) is 0 Å². The topological polar surface area (TPSA) is 84.9 Å². The number of benzene rings is 1. The number of hydrogen-bond donors (Lipinski definition) is 2. The van der Waals surface area contributed by atoms with Crippen LogP contribution in [0.1, 0.15) is 36.0 Å². The molecule has 0 spiro atoms. The fourth-order valence-corrected chi connectivity index (χ4v) is 1.97. The van der Waals surface area contributed by atoms with Crippen LogP contribution < -0.4 is 14.8 Å². The monoisotopic (exact) mass is 307 g/mol. The fourth-order valence-electron chi connectivity index (χ4n) is 1.97. The molecule has 1 amide bonds. The second-order valence-electron chi connectivity index (χ2n) is 5.37. The number of carboxylic acids is 1. The van der Waals surface area contributed by atoms with Gasteiger partial charge in [0.1, 0.15) is 11.5 Å². The molecule has 6 nitrogen and oxygen atoms in total. The van der Waals surface area contributed by atoms with Gasteiger partial charge < -0.3 is 19.9 Å². The van der Waals surface area contributed by atoms with Crippen LogP contribution in [0.15, 0.2) is 18.2 Å². The van der Waals surface area contributed by atoms with Gasteiger partial charge in [0.25, 0.3) is 5.91 Å². The largest absolute Gasteiger partial charge is 0.497 e. The predicted molar refractivity (Wildman–Crippen MR) is 80.4 cm³/mol. The van der Waals surface area contributed by atoms with Gasteiger partial charge in [-0.3, -0.25) is 9.59 Å². The Labute approximate surface area is 129 Å². The van der Waals surface area contributed by atoms with Gasteiger partial charge in [0.05, 0.1) is 19.3 Å². The van der Waals surface area contributed by atoms with Gasteiger partial charge in [0, 0.05) is 19.0 Å². The highest BCUT2D eigenvalue weighted by atomic mass is 16.5. The molecular formula is C16H21NO5. The van der Waals surface area contributed by atoms with Crippen LogP contribution in [0.5, 0.6) is 11.5 Å². The Morgan fingerprint density at radius 2 is 2.14 bits per heavy atom. The number of hydrogen-bond acceptors (Lipinski definition) is 4. The Morgan fingerprint density at radius 1 is 1.36 bits per heavy atom. The van der Waals surface area contributed by atoms with E-state index in [1.54, 1.807) is 25.3 Å². The molecule has 22 heavy (non-hydrogen) atoms. The number of ether oxygens (including phenoxy) is 2. The smallest absolute Gasteiger partial charge is 0.303 e. The van der Waals surface area contributed by atoms with E-state index >= 15 is 0 Å². The predicted octanol–water partition coefficient (Wildman–Crippen LogP) is 2.08. The van der Waals surface area contributed by atoms with Crippen molar-refractivity contribution in [3.05, 3.63) is 23.8 Å². The van der Waals surface area contributed by atoms with E-state index in [2.05, 4.69) is 5.32 Å². The quantitative estimate of drug-likeness (QED) is 0.682. The summed E-state index contributed by atoms with van der Waals surface area (Å²) in [5.41, 5.74) is 0.441. The maximum Gasteiger partial charge on any atom is 0.303 e. The van der Waals surface area contributed by atoms with E-state index in [0.29, 0.717) is 42.6 Å². The summed E-state index contributed by atoms with van der Waals surface area (Å²) in [5, 5.41) is 11.3. The van der Waals surface area contributed by atoms with Gasteiger partial charge in [0.15, 0.2) is 0 Å². The highest BCUT2D eigenvalue weighted by Gasteiger charge is 2.23. The highest BCUT2D eigenvalue weighted by molar-refractivity contribution is 5.97. The van der Waals surface area contributed by atoms with Crippen LogP contribution in [-0.4, -0.2) is 37.2 Å². The van der Waals surface area contributed by atoms with Crippen LogP contribution in [0.4, 0.5) is 0 Å². The van der Waals surface area contributed by atoms with Crippen LogP contribution in [0.3, 0.4) is 0 Å². The molecule has 0 radical (unpaired) electrons. The first kappa shape index (κ1) is 16.1. The van der Waals surface area contributed by atoms with Gasteiger partial charge in [-0.25, -0.2) is 0 Å². The molecule has 0 aromatic heterocycles. The number of aliphatic carboxylic acids is 1. The summed E-state index contributed by atoms with van der Waals surface area (Å²) in [6, 6.07) is 5.07. The van der Waals surface area contributed by atoms with E-state index < -0.39 is 5.97 Å². The minimum Gasteiger partial charge on any atom is -0.497 e. The summed E-state index contributed by atoms with van der Waals surface area (Å²) in [7, 11) is 1.56. The van der Waals surface area contributed by atoms with E-state index in [1.807, 2.05) is 0 Å². The molecule has 0 unspecified atom stereocenters. The maximum absolute atomic E-state index is 12.2. The van der Waals surface area contributed by atoms with E-state index in [9.17, 15) is 9.59 Å². The van der Waals surface area contributed by atoms with Gasteiger partial charge in [-0.1, -0.05) is 0 Å². The summed E-state index contributed by atoms with van der Waals surface area (Å²) in [6.45, 7) is 0.922. The number of amides is 1. The summed E-state index contributed by atoms with van der Waals surface area (Å²) >= 11 is 0. The zero-order chi connectivity index (χ0) is 15.9. The molecule has 120 valence electrons. The molecule has 0 bridgehead atoms. The number of nitrogens with one attached hydrogen (secondary N) is 1. The summed E-state index contributed by atoms with van der Waals surface area (Å²) < 4.78 is 10.9. The number of carboxylic acid groups (broad SMARTS) is 1. The van der Waals surface area contributed by atoms with Crippen molar-refractivity contribution in [1.29, 1.82) is 0 Å². The second kappa shape index (κ2) is 7.68. The average Bonchev–Trinajstić information content (AvgIpc) is 3.33. The maximum atomic E-state index is 12.2. The molecule has 2 N–H and O–H groups in total. The first-order valence-corrected chi connectivity index (χ1v) is 7.41. The zero-order valence-corrected chi connectivity index (χ0v) is 12.6. The van der Waals surface area contributed by atoms with Crippen LogP contribution >= 0.6 is 0 Å². The van der Waals surface area contributed by atoms with Gasteiger partial charge in [-0.2, -0.15) is 0 Å². The summed E-state index contributed by atoms with van der Waals surface area (Å²) in [6.07, 6.45) is 2.77. The Kier molecular flexibility index (Phi) is 5.63. The number of rotatable bonds is 9. The molecule has 0 heterocycles. The Bertz CT molecular complexity index is 539. The first-order valence-electron chi connectivity index (χ1n) is 7.41. The molecule has 1 fully saturated rings. The van der Waals surface area contributed by atoms with E-state index in [-0.39, 0.29) is 12.3 Å². The molecule has 1 saturated carbocycles. The molecule has 0 aliphatic heterocycles. The van der Waals surface area contributed by atoms with Gasteiger partial charge in [-0.15, -0.1) is 0 Å². The lowest BCUT2D eigenvalue weighted by Gasteiger charge is -2.13. The minimum atomic E-state index is -0.868. The van der Waals surface area contributed by atoms with Crippen molar-refractivity contribution in [3.8, 4) is 11.5 Å². The standard InChI is InChI=1S/C16H21NO5/c1-21-12-6-7-13(14(9-12)22-10-11-4-5-11)16(20)17-8-2-3-15(18)19/h6-7,9,11H,2-5,8,10H2,1H3,(H,17,20)(H,18,19). The van der Waals surface area contributed by atoms with Crippen molar-refractivity contribution in [2.24, 2.45) is 5.92 Å². The van der Waals surface area contributed by atoms with E-state index in [0.717, 1.165) is 0 Å². The zero-order valence-electron chi connectivity index (χ0n) is 12.6. The first-order chi connectivity index (χ1) is 10.6.